The number of hydrogen-bond acceptors (Lipinski definition) is 5. The summed E-state index contributed by atoms with van der Waals surface area (Å²) < 4.78 is 28.0. The molecule has 160 valence electrons. The summed E-state index contributed by atoms with van der Waals surface area (Å²) in [4.78, 5) is 14.7. The summed E-state index contributed by atoms with van der Waals surface area (Å²) in [5.74, 6) is 0.582. The van der Waals surface area contributed by atoms with Gasteiger partial charge in [-0.15, -0.1) is 0 Å². The second kappa shape index (κ2) is 7.87. The van der Waals surface area contributed by atoms with Crippen LogP contribution in [-0.4, -0.2) is 65.8 Å². The number of likely N-dealkylation sites (N-methyl/N-ethyl adjacent to an activating group) is 1. The van der Waals surface area contributed by atoms with Crippen molar-refractivity contribution in [3.63, 3.8) is 0 Å². The Morgan fingerprint density at radius 3 is 2.77 bits per heavy atom. The van der Waals surface area contributed by atoms with Crippen molar-refractivity contribution in [3.05, 3.63) is 53.7 Å². The molecule has 1 aliphatic heterocycles. The van der Waals surface area contributed by atoms with Gasteiger partial charge in [0.1, 0.15) is 5.82 Å². The predicted molar refractivity (Wildman–Crippen MR) is 123 cm³/mol. The van der Waals surface area contributed by atoms with Crippen LogP contribution in [0.5, 0.6) is 0 Å². The first-order valence-electron chi connectivity index (χ1n) is 10.1. The van der Waals surface area contributed by atoms with Gasteiger partial charge in [-0.05, 0) is 56.4 Å². The number of pyridine rings is 1. The molecule has 0 aliphatic carbocycles. The molecule has 1 fully saturated rings. The topological polar surface area (TPSA) is 82.2 Å². The SMILES string of the molecule is CN1CCCN(S(=O)(=O)c2ccc3nc(-c4cc5ncccc5cc4Cl)[nH]c3c2)CC1. The molecule has 1 saturated heterocycles. The number of aromatic amines is 1. The Hall–Kier alpha value is -2.52. The van der Waals surface area contributed by atoms with Crippen LogP contribution >= 0.6 is 11.6 Å². The smallest absolute Gasteiger partial charge is 0.243 e. The average molecular weight is 456 g/mol. The number of fused-ring (bicyclic) bond motifs is 2. The van der Waals surface area contributed by atoms with Crippen molar-refractivity contribution in [1.82, 2.24) is 24.2 Å². The standard InChI is InChI=1S/C22H22ClN5O2S/c1-27-8-3-9-28(11-10-27)31(29,30)16-5-6-19-21(13-16)26-22(25-19)17-14-20-15(12-18(17)23)4-2-7-24-20/h2,4-7,12-14H,3,8-11H2,1H3,(H,25,26). The van der Waals surface area contributed by atoms with Crippen LogP contribution in [0.1, 0.15) is 6.42 Å². The normalized spacial score (nSPS) is 16.7. The summed E-state index contributed by atoms with van der Waals surface area (Å²) in [7, 11) is -1.55. The Labute approximate surface area is 185 Å². The number of aromatic nitrogens is 3. The molecule has 5 rings (SSSR count). The van der Waals surface area contributed by atoms with Crippen LogP contribution in [0.3, 0.4) is 0 Å². The van der Waals surface area contributed by atoms with Crippen molar-refractivity contribution < 1.29 is 8.42 Å². The summed E-state index contributed by atoms with van der Waals surface area (Å²) in [6, 6.07) is 12.6. The summed E-state index contributed by atoms with van der Waals surface area (Å²) in [5, 5.41) is 1.50. The molecule has 2 aromatic heterocycles. The fourth-order valence-electron chi connectivity index (χ4n) is 3.96. The highest BCUT2D eigenvalue weighted by molar-refractivity contribution is 7.89. The third kappa shape index (κ3) is 3.80. The van der Waals surface area contributed by atoms with E-state index in [2.05, 4.69) is 19.9 Å². The Morgan fingerprint density at radius 2 is 1.90 bits per heavy atom. The van der Waals surface area contributed by atoms with E-state index >= 15 is 0 Å². The number of nitrogens with one attached hydrogen (secondary N) is 1. The Balaban J connectivity index is 1.53. The van der Waals surface area contributed by atoms with Crippen molar-refractivity contribution in [2.45, 2.75) is 11.3 Å². The number of sulfonamides is 1. The Kier molecular flexibility index (Phi) is 5.18. The average Bonchev–Trinajstić information content (AvgIpc) is 3.05. The molecule has 7 nitrogen and oxygen atoms in total. The lowest BCUT2D eigenvalue weighted by molar-refractivity contribution is 0.347. The predicted octanol–water partition coefficient (Wildman–Crippen LogP) is 3.76. The van der Waals surface area contributed by atoms with Crippen molar-refractivity contribution >= 4 is 43.6 Å². The maximum Gasteiger partial charge on any atom is 0.243 e. The quantitative estimate of drug-likeness (QED) is 0.508. The highest BCUT2D eigenvalue weighted by Gasteiger charge is 2.26. The number of H-pyrrole nitrogens is 1. The molecule has 31 heavy (non-hydrogen) atoms. The molecule has 0 unspecified atom stereocenters. The van der Waals surface area contributed by atoms with Gasteiger partial charge in [0.25, 0.3) is 0 Å². The first kappa shape index (κ1) is 20.4. The van der Waals surface area contributed by atoms with Crippen molar-refractivity contribution in [2.75, 3.05) is 33.2 Å². The molecular weight excluding hydrogens is 434 g/mol. The van der Waals surface area contributed by atoms with Crippen LogP contribution in [0.15, 0.2) is 53.6 Å². The molecule has 4 aromatic rings. The zero-order chi connectivity index (χ0) is 21.6. The molecular formula is C22H22ClN5O2S. The third-order valence-electron chi connectivity index (χ3n) is 5.72. The zero-order valence-electron chi connectivity index (χ0n) is 17.0. The lowest BCUT2D eigenvalue weighted by Crippen LogP contribution is -2.34. The zero-order valence-corrected chi connectivity index (χ0v) is 18.6. The summed E-state index contributed by atoms with van der Waals surface area (Å²) >= 11 is 6.50. The number of halogens is 1. The maximum atomic E-state index is 13.2. The van der Waals surface area contributed by atoms with Crippen LogP contribution in [0.2, 0.25) is 5.02 Å². The minimum atomic E-state index is -3.57. The van der Waals surface area contributed by atoms with Crippen molar-refractivity contribution in [1.29, 1.82) is 0 Å². The van der Waals surface area contributed by atoms with E-state index < -0.39 is 10.0 Å². The lowest BCUT2D eigenvalue weighted by Gasteiger charge is -2.20. The molecule has 3 heterocycles. The molecule has 1 N–H and O–H groups in total. The summed E-state index contributed by atoms with van der Waals surface area (Å²) in [6.45, 7) is 2.64. The van der Waals surface area contributed by atoms with Gasteiger partial charge in [-0.2, -0.15) is 4.31 Å². The monoisotopic (exact) mass is 455 g/mol. The van der Waals surface area contributed by atoms with E-state index in [1.165, 1.54) is 0 Å². The number of imidazole rings is 1. The number of benzene rings is 2. The molecule has 9 heteroatoms. The molecule has 0 atom stereocenters. The van der Waals surface area contributed by atoms with Gasteiger partial charge < -0.3 is 9.88 Å². The first-order valence-corrected chi connectivity index (χ1v) is 12.0. The van der Waals surface area contributed by atoms with E-state index in [9.17, 15) is 8.42 Å². The minimum absolute atomic E-state index is 0.269. The van der Waals surface area contributed by atoms with Gasteiger partial charge in [0.05, 0.1) is 26.5 Å². The van der Waals surface area contributed by atoms with Crippen molar-refractivity contribution in [3.8, 4) is 11.4 Å². The maximum absolute atomic E-state index is 13.2. The highest BCUT2D eigenvalue weighted by Crippen LogP contribution is 2.32. The van der Waals surface area contributed by atoms with Gasteiger partial charge in [0.2, 0.25) is 10.0 Å². The van der Waals surface area contributed by atoms with E-state index in [-0.39, 0.29) is 4.90 Å². The van der Waals surface area contributed by atoms with Crippen LogP contribution < -0.4 is 0 Å². The first-order chi connectivity index (χ1) is 14.9. The van der Waals surface area contributed by atoms with E-state index in [0.717, 1.165) is 36.0 Å². The van der Waals surface area contributed by atoms with Gasteiger partial charge in [-0.25, -0.2) is 13.4 Å². The number of hydrogen-bond donors (Lipinski definition) is 1. The van der Waals surface area contributed by atoms with Gasteiger partial charge >= 0.3 is 0 Å². The Bertz CT molecular complexity index is 1390. The summed E-state index contributed by atoms with van der Waals surface area (Å²) in [6.07, 6.45) is 2.55. The molecule has 1 aliphatic rings. The largest absolute Gasteiger partial charge is 0.338 e. The van der Waals surface area contributed by atoms with Crippen LogP contribution in [-0.2, 0) is 10.0 Å². The molecule has 0 radical (unpaired) electrons. The van der Waals surface area contributed by atoms with Crippen molar-refractivity contribution in [2.24, 2.45) is 0 Å². The molecule has 0 saturated carbocycles. The van der Waals surface area contributed by atoms with E-state index in [1.807, 2.05) is 31.3 Å². The second-order valence-corrected chi connectivity index (χ2v) is 10.2. The van der Waals surface area contributed by atoms with Crippen LogP contribution in [0.4, 0.5) is 0 Å². The fourth-order valence-corrected chi connectivity index (χ4v) is 5.72. The van der Waals surface area contributed by atoms with E-state index in [4.69, 9.17) is 11.6 Å². The summed E-state index contributed by atoms with van der Waals surface area (Å²) in [5.41, 5.74) is 2.88. The number of rotatable bonds is 3. The third-order valence-corrected chi connectivity index (χ3v) is 7.92. The highest BCUT2D eigenvalue weighted by atomic mass is 35.5. The fraction of sp³-hybridized carbons (Fsp3) is 0.273. The Morgan fingerprint density at radius 1 is 1.03 bits per heavy atom. The van der Waals surface area contributed by atoms with Gasteiger partial charge in [0, 0.05) is 36.8 Å². The molecule has 0 spiro atoms. The number of nitrogens with zero attached hydrogens (tertiary/aromatic N) is 4. The van der Waals surface area contributed by atoms with E-state index in [1.54, 1.807) is 28.7 Å². The van der Waals surface area contributed by atoms with Gasteiger partial charge in [-0.3, -0.25) is 4.98 Å². The second-order valence-electron chi connectivity index (χ2n) is 7.85. The molecule has 0 bridgehead atoms. The molecule has 2 aromatic carbocycles. The van der Waals surface area contributed by atoms with Crippen LogP contribution in [0, 0.1) is 0 Å². The van der Waals surface area contributed by atoms with E-state index in [0.29, 0.717) is 35.0 Å². The lowest BCUT2D eigenvalue weighted by atomic mass is 10.1. The van der Waals surface area contributed by atoms with Crippen LogP contribution in [0.25, 0.3) is 33.3 Å². The molecule has 0 amide bonds. The van der Waals surface area contributed by atoms with Gasteiger partial charge in [-0.1, -0.05) is 17.7 Å². The minimum Gasteiger partial charge on any atom is -0.338 e. The van der Waals surface area contributed by atoms with Gasteiger partial charge in [0.15, 0.2) is 0 Å².